The van der Waals surface area contributed by atoms with Crippen molar-refractivity contribution in [2.24, 2.45) is 0 Å². The molecule has 4 rings (SSSR count). The normalized spacial score (nSPS) is 30.9. The van der Waals surface area contributed by atoms with Crippen molar-refractivity contribution in [1.82, 2.24) is 5.32 Å². The largest absolute Gasteiger partial charge is 0.461 e. The minimum atomic E-state index is -1.10. The summed E-state index contributed by atoms with van der Waals surface area (Å²) in [6.45, 7) is 1.53. The van der Waals surface area contributed by atoms with E-state index >= 15 is 0 Å². The molecule has 0 aromatic heterocycles. The van der Waals surface area contributed by atoms with E-state index in [9.17, 15) is 9.90 Å². The zero-order chi connectivity index (χ0) is 21.3. The van der Waals surface area contributed by atoms with Gasteiger partial charge in [-0.05, 0) is 18.2 Å². The zero-order valence-corrected chi connectivity index (χ0v) is 17.5. The van der Waals surface area contributed by atoms with Gasteiger partial charge in [-0.3, -0.25) is 4.79 Å². The van der Waals surface area contributed by atoms with E-state index in [1.54, 1.807) is 12.1 Å². The van der Waals surface area contributed by atoms with Gasteiger partial charge in [-0.25, -0.2) is 0 Å². The second-order valence-corrected chi connectivity index (χ2v) is 7.97. The van der Waals surface area contributed by atoms with E-state index in [0.717, 1.165) is 5.56 Å². The van der Waals surface area contributed by atoms with Gasteiger partial charge in [0.05, 0.1) is 11.6 Å². The lowest BCUT2D eigenvalue weighted by atomic mass is 9.95. The minimum Gasteiger partial charge on any atom is -0.461 e. The Balaban J connectivity index is 1.55. The highest BCUT2D eigenvalue weighted by Crippen LogP contribution is 2.36. The van der Waals surface area contributed by atoms with E-state index < -0.39 is 36.9 Å². The third-order valence-corrected chi connectivity index (χ3v) is 5.47. The third-order valence-electron chi connectivity index (χ3n) is 4.94. The molecule has 1 amide bonds. The number of carbonyl (C=O) groups is 1. The fraction of sp³-hybridized carbons (Fsp3) is 0.381. The van der Waals surface area contributed by atoms with E-state index in [-0.39, 0.29) is 17.5 Å². The molecule has 30 heavy (non-hydrogen) atoms. The van der Waals surface area contributed by atoms with Gasteiger partial charge in [0.25, 0.3) is 0 Å². The summed E-state index contributed by atoms with van der Waals surface area (Å²) in [5.74, 6) is -0.0320. The third kappa shape index (κ3) is 4.56. The van der Waals surface area contributed by atoms with Crippen molar-refractivity contribution in [1.29, 1.82) is 0 Å². The first kappa shape index (κ1) is 21.4. The van der Waals surface area contributed by atoms with Crippen LogP contribution in [0.25, 0.3) is 0 Å². The average Bonchev–Trinajstić information content (AvgIpc) is 2.73. The standard InChI is InChI=1S/C21H21Cl2NO6/c1-11(25)24-17-18(26)19-16(10-27-20(30-19)12-5-3-2-4-6-12)29-21(17)28-15-8-7-13(22)9-14(15)23/h2-9,16-21,26H,10H2,1H3,(H,24,25)/t16-,17-,18-,19-,20-,21-/m1/s1. The van der Waals surface area contributed by atoms with E-state index in [1.807, 2.05) is 30.3 Å². The second-order valence-electron chi connectivity index (χ2n) is 7.13. The molecule has 0 aliphatic carbocycles. The predicted octanol–water partition coefficient (Wildman–Crippen LogP) is 3.08. The van der Waals surface area contributed by atoms with E-state index in [0.29, 0.717) is 10.8 Å². The highest BCUT2D eigenvalue weighted by Gasteiger charge is 2.50. The van der Waals surface area contributed by atoms with Crippen LogP contribution in [0.1, 0.15) is 18.8 Å². The molecule has 2 saturated heterocycles. The Bertz CT molecular complexity index is 898. The fourth-order valence-corrected chi connectivity index (χ4v) is 4.01. The molecule has 0 saturated carbocycles. The molecule has 2 aromatic carbocycles. The molecular formula is C21H21Cl2NO6. The molecule has 0 bridgehead atoms. The fourth-order valence-electron chi connectivity index (χ4n) is 3.56. The first-order chi connectivity index (χ1) is 14.4. The number of nitrogens with one attached hydrogen (secondary N) is 1. The number of benzene rings is 2. The monoisotopic (exact) mass is 453 g/mol. The Morgan fingerprint density at radius 2 is 1.93 bits per heavy atom. The summed E-state index contributed by atoms with van der Waals surface area (Å²) in [5.41, 5.74) is 0.825. The van der Waals surface area contributed by atoms with Crippen LogP contribution in [0.15, 0.2) is 48.5 Å². The summed E-state index contributed by atoms with van der Waals surface area (Å²) in [4.78, 5) is 11.8. The predicted molar refractivity (Wildman–Crippen MR) is 109 cm³/mol. The van der Waals surface area contributed by atoms with E-state index in [1.165, 1.54) is 13.0 Å². The number of hydrogen-bond acceptors (Lipinski definition) is 6. The topological polar surface area (TPSA) is 86.3 Å². The van der Waals surface area contributed by atoms with Crippen LogP contribution in [0.2, 0.25) is 10.0 Å². The van der Waals surface area contributed by atoms with Gasteiger partial charge >= 0.3 is 0 Å². The zero-order valence-electron chi connectivity index (χ0n) is 16.0. The summed E-state index contributed by atoms with van der Waals surface area (Å²) >= 11 is 12.1. The van der Waals surface area contributed by atoms with Gasteiger partial charge in [0.1, 0.15) is 30.1 Å². The molecule has 2 N–H and O–H groups in total. The van der Waals surface area contributed by atoms with Crippen molar-refractivity contribution in [2.45, 2.75) is 43.9 Å². The van der Waals surface area contributed by atoms with Crippen molar-refractivity contribution in [3.05, 3.63) is 64.1 Å². The van der Waals surface area contributed by atoms with Crippen molar-refractivity contribution in [2.75, 3.05) is 6.61 Å². The van der Waals surface area contributed by atoms with E-state index in [2.05, 4.69) is 5.32 Å². The van der Waals surface area contributed by atoms with Gasteiger partial charge < -0.3 is 29.4 Å². The molecule has 2 aromatic rings. The number of amides is 1. The number of rotatable bonds is 4. The SMILES string of the molecule is CC(=O)N[C@H]1[C@H](Oc2ccc(Cl)cc2Cl)O[C@@H]2CO[C@@H](c3ccccc3)O[C@H]2[C@@H]1O. The molecule has 160 valence electrons. The Morgan fingerprint density at radius 3 is 2.63 bits per heavy atom. The molecule has 0 radical (unpaired) electrons. The van der Waals surface area contributed by atoms with Crippen LogP contribution in [0.5, 0.6) is 5.75 Å². The number of fused-ring (bicyclic) bond motifs is 1. The molecule has 7 nitrogen and oxygen atoms in total. The van der Waals surface area contributed by atoms with Crippen molar-refractivity contribution >= 4 is 29.1 Å². The maximum absolute atomic E-state index is 11.8. The first-order valence-electron chi connectivity index (χ1n) is 9.46. The number of aliphatic hydroxyl groups excluding tert-OH is 1. The van der Waals surface area contributed by atoms with E-state index in [4.69, 9.17) is 42.1 Å². The summed E-state index contributed by atoms with van der Waals surface area (Å²) in [6.07, 6.45) is -4.07. The van der Waals surface area contributed by atoms with Gasteiger partial charge in [-0.15, -0.1) is 0 Å². The summed E-state index contributed by atoms with van der Waals surface area (Å²) in [5, 5.41) is 14.5. The summed E-state index contributed by atoms with van der Waals surface area (Å²) < 4.78 is 23.7. The lowest BCUT2D eigenvalue weighted by molar-refractivity contribution is -0.333. The molecule has 2 fully saturated rings. The minimum absolute atomic E-state index is 0.183. The smallest absolute Gasteiger partial charge is 0.223 e. The van der Waals surface area contributed by atoms with Crippen LogP contribution in [-0.4, -0.2) is 48.3 Å². The Labute approximate surface area is 183 Å². The average molecular weight is 454 g/mol. The van der Waals surface area contributed by atoms with Gasteiger partial charge in [-0.1, -0.05) is 53.5 Å². The lowest BCUT2D eigenvalue weighted by Crippen LogP contribution is -2.67. The van der Waals surface area contributed by atoms with Crippen molar-refractivity contribution < 1.29 is 28.8 Å². The molecule has 0 spiro atoms. The number of halogens is 2. The Morgan fingerprint density at radius 1 is 1.17 bits per heavy atom. The lowest BCUT2D eigenvalue weighted by Gasteiger charge is -2.47. The van der Waals surface area contributed by atoms with Crippen LogP contribution in [0, 0.1) is 0 Å². The molecule has 2 aliphatic rings. The molecule has 0 unspecified atom stereocenters. The molecule has 2 aliphatic heterocycles. The van der Waals surface area contributed by atoms with Gasteiger partial charge in [0.15, 0.2) is 6.29 Å². The van der Waals surface area contributed by atoms with Crippen LogP contribution in [-0.2, 0) is 19.0 Å². The molecular weight excluding hydrogens is 433 g/mol. The van der Waals surface area contributed by atoms with Crippen LogP contribution < -0.4 is 10.1 Å². The van der Waals surface area contributed by atoms with Gasteiger partial charge in [0.2, 0.25) is 12.2 Å². The highest BCUT2D eigenvalue weighted by molar-refractivity contribution is 6.35. The number of aliphatic hydroxyl groups is 1. The number of hydrogen-bond donors (Lipinski definition) is 2. The Kier molecular flexibility index (Phi) is 6.48. The first-order valence-corrected chi connectivity index (χ1v) is 10.2. The molecule has 6 atom stereocenters. The van der Waals surface area contributed by atoms with Gasteiger partial charge in [-0.2, -0.15) is 0 Å². The maximum atomic E-state index is 11.8. The Hall–Kier alpha value is -1.87. The summed E-state index contributed by atoms with van der Waals surface area (Å²) in [7, 11) is 0. The van der Waals surface area contributed by atoms with Crippen LogP contribution in [0.3, 0.4) is 0 Å². The molecule has 2 heterocycles. The van der Waals surface area contributed by atoms with Crippen molar-refractivity contribution in [3.63, 3.8) is 0 Å². The highest BCUT2D eigenvalue weighted by atomic mass is 35.5. The van der Waals surface area contributed by atoms with Crippen LogP contribution >= 0.6 is 23.2 Å². The van der Waals surface area contributed by atoms with Gasteiger partial charge in [0, 0.05) is 17.5 Å². The van der Waals surface area contributed by atoms with Crippen LogP contribution in [0.4, 0.5) is 0 Å². The maximum Gasteiger partial charge on any atom is 0.223 e. The number of carbonyl (C=O) groups excluding carboxylic acids is 1. The van der Waals surface area contributed by atoms with Crippen molar-refractivity contribution in [3.8, 4) is 5.75 Å². The molecule has 9 heteroatoms. The second kappa shape index (κ2) is 9.09. The number of ether oxygens (including phenoxy) is 4. The summed E-state index contributed by atoms with van der Waals surface area (Å²) in [6, 6.07) is 13.3. The quantitative estimate of drug-likeness (QED) is 0.739.